The molecule has 3 N–H and O–H groups in total. The van der Waals surface area contributed by atoms with Crippen LogP contribution in [0.1, 0.15) is 26.2 Å². The zero-order valence-corrected chi connectivity index (χ0v) is 12.9. The molecule has 2 aliphatic carbocycles. The Morgan fingerprint density at radius 2 is 1.90 bits per heavy atom. The first-order valence-corrected chi connectivity index (χ1v) is 9.13. The molecule has 0 radical (unpaired) electrons. The van der Waals surface area contributed by atoms with Gasteiger partial charge in [0.05, 0.1) is 11.7 Å². The number of hydrogen-bond acceptors (Lipinski definition) is 4. The maximum Gasteiger partial charge on any atom is 0.315 e. The predicted molar refractivity (Wildman–Crippen MR) is 76.6 cm³/mol. The zero-order chi connectivity index (χ0) is 15.6. The summed E-state index contributed by atoms with van der Waals surface area (Å²) >= 11 is 0. The quantitative estimate of drug-likeness (QED) is 0.648. The fraction of sp³-hybridized carbons (Fsp3) is 0.846. The van der Waals surface area contributed by atoms with E-state index in [0.29, 0.717) is 0 Å². The van der Waals surface area contributed by atoms with Crippen LogP contribution in [0.5, 0.6) is 0 Å². The lowest BCUT2D eigenvalue weighted by molar-refractivity contribution is -0.144. The van der Waals surface area contributed by atoms with Crippen LogP contribution in [0.25, 0.3) is 0 Å². The van der Waals surface area contributed by atoms with Crippen LogP contribution in [-0.2, 0) is 14.6 Å². The molecule has 0 aromatic carbocycles. The standard InChI is InChI=1S/C13H22N2O5S/c1-2-21(19,20)6-5-14-13(18)15-11-9-4-3-8(7-9)10(11)12(16)17/h8-11H,2-7H2,1H3,(H,16,17)(H2,14,15,18). The molecule has 0 aliphatic heterocycles. The summed E-state index contributed by atoms with van der Waals surface area (Å²) in [5.41, 5.74) is 0. The molecule has 0 spiro atoms. The van der Waals surface area contributed by atoms with Gasteiger partial charge in [-0.3, -0.25) is 4.79 Å². The van der Waals surface area contributed by atoms with Gasteiger partial charge in [-0.25, -0.2) is 13.2 Å². The molecular formula is C13H22N2O5S. The number of carbonyl (C=O) groups excluding carboxylic acids is 1. The number of aliphatic carboxylic acids is 1. The Morgan fingerprint density at radius 1 is 1.24 bits per heavy atom. The van der Waals surface area contributed by atoms with E-state index >= 15 is 0 Å². The van der Waals surface area contributed by atoms with Crippen LogP contribution in [0.15, 0.2) is 0 Å². The Kier molecular flexibility index (Phi) is 4.75. The summed E-state index contributed by atoms with van der Waals surface area (Å²) in [6.45, 7) is 1.60. The normalized spacial score (nSPS) is 31.1. The number of fused-ring (bicyclic) bond motifs is 2. The number of nitrogens with one attached hydrogen (secondary N) is 2. The maximum absolute atomic E-state index is 11.8. The van der Waals surface area contributed by atoms with Crippen molar-refractivity contribution in [2.24, 2.45) is 17.8 Å². The van der Waals surface area contributed by atoms with Crippen molar-refractivity contribution in [3.63, 3.8) is 0 Å². The van der Waals surface area contributed by atoms with E-state index in [0.717, 1.165) is 19.3 Å². The average molecular weight is 318 g/mol. The lowest BCUT2D eigenvalue weighted by Crippen LogP contribution is -2.50. The maximum atomic E-state index is 11.8. The highest BCUT2D eigenvalue weighted by Crippen LogP contribution is 2.48. The molecule has 4 unspecified atom stereocenters. The molecular weight excluding hydrogens is 296 g/mol. The summed E-state index contributed by atoms with van der Waals surface area (Å²) in [7, 11) is -3.11. The molecule has 0 saturated heterocycles. The Morgan fingerprint density at radius 3 is 2.52 bits per heavy atom. The van der Waals surface area contributed by atoms with E-state index in [4.69, 9.17) is 0 Å². The molecule has 120 valence electrons. The van der Waals surface area contributed by atoms with E-state index < -0.39 is 27.8 Å². The summed E-state index contributed by atoms with van der Waals surface area (Å²) in [5.74, 6) is -1.06. The molecule has 0 heterocycles. The van der Waals surface area contributed by atoms with Crippen LogP contribution in [0.2, 0.25) is 0 Å². The molecule has 4 atom stereocenters. The lowest BCUT2D eigenvalue weighted by Gasteiger charge is -2.28. The van der Waals surface area contributed by atoms with Crippen molar-refractivity contribution in [3.8, 4) is 0 Å². The Balaban J connectivity index is 1.84. The van der Waals surface area contributed by atoms with Crippen molar-refractivity contribution >= 4 is 21.8 Å². The number of sulfone groups is 1. The van der Waals surface area contributed by atoms with Gasteiger partial charge in [-0.1, -0.05) is 6.92 Å². The Bertz CT molecular complexity index is 519. The van der Waals surface area contributed by atoms with Gasteiger partial charge < -0.3 is 15.7 Å². The first-order chi connectivity index (χ1) is 9.84. The molecule has 21 heavy (non-hydrogen) atoms. The molecule has 8 heteroatoms. The Labute approximate surface area is 124 Å². The first kappa shape index (κ1) is 16.1. The van der Waals surface area contributed by atoms with Gasteiger partial charge in [0.2, 0.25) is 0 Å². The fourth-order valence-corrected chi connectivity index (χ4v) is 4.22. The second-order valence-corrected chi connectivity index (χ2v) is 8.33. The van der Waals surface area contributed by atoms with Crippen molar-refractivity contribution < 1.29 is 23.1 Å². The largest absolute Gasteiger partial charge is 0.481 e. The van der Waals surface area contributed by atoms with Crippen molar-refractivity contribution in [1.29, 1.82) is 0 Å². The van der Waals surface area contributed by atoms with Gasteiger partial charge in [-0.05, 0) is 31.1 Å². The lowest BCUT2D eigenvalue weighted by atomic mass is 9.84. The van der Waals surface area contributed by atoms with Crippen molar-refractivity contribution in [3.05, 3.63) is 0 Å². The van der Waals surface area contributed by atoms with Gasteiger partial charge in [-0.2, -0.15) is 0 Å². The third-order valence-corrected chi connectivity index (χ3v) is 6.34. The number of rotatable bonds is 6. The highest BCUT2D eigenvalue weighted by molar-refractivity contribution is 7.91. The second-order valence-electron chi connectivity index (χ2n) is 5.86. The SMILES string of the molecule is CCS(=O)(=O)CCNC(=O)NC1C2CCC(C2)C1C(=O)O. The van der Waals surface area contributed by atoms with Crippen LogP contribution in [0.3, 0.4) is 0 Å². The minimum atomic E-state index is -3.11. The molecule has 2 amide bonds. The number of hydrogen-bond donors (Lipinski definition) is 3. The van der Waals surface area contributed by atoms with Crippen molar-refractivity contribution in [2.45, 2.75) is 32.2 Å². The monoisotopic (exact) mass is 318 g/mol. The van der Waals surface area contributed by atoms with Crippen LogP contribution in [0.4, 0.5) is 4.79 Å². The second kappa shape index (κ2) is 6.21. The molecule has 2 bridgehead atoms. The number of carbonyl (C=O) groups is 2. The number of urea groups is 1. The summed E-state index contributed by atoms with van der Waals surface area (Å²) in [4.78, 5) is 23.1. The molecule has 0 aromatic rings. The topological polar surface area (TPSA) is 113 Å². The van der Waals surface area contributed by atoms with Crippen LogP contribution in [-0.4, -0.2) is 49.6 Å². The molecule has 2 aliphatic rings. The molecule has 0 aromatic heterocycles. The highest BCUT2D eigenvalue weighted by atomic mass is 32.2. The minimum absolute atomic E-state index is 0.0422. The fourth-order valence-electron chi connectivity index (χ4n) is 3.52. The summed E-state index contributed by atoms with van der Waals surface area (Å²) < 4.78 is 22.6. The molecule has 2 saturated carbocycles. The Hall–Kier alpha value is -1.31. The van der Waals surface area contributed by atoms with Gasteiger partial charge in [0.25, 0.3) is 0 Å². The third-order valence-electron chi connectivity index (χ3n) is 4.64. The van der Waals surface area contributed by atoms with Crippen LogP contribution >= 0.6 is 0 Å². The van der Waals surface area contributed by atoms with Crippen LogP contribution in [0, 0.1) is 17.8 Å². The molecule has 7 nitrogen and oxygen atoms in total. The van der Waals surface area contributed by atoms with Crippen molar-refractivity contribution in [2.75, 3.05) is 18.1 Å². The minimum Gasteiger partial charge on any atom is -0.481 e. The summed E-state index contributed by atoms with van der Waals surface area (Å²) in [6, 6.07) is -0.825. The van der Waals surface area contributed by atoms with Crippen molar-refractivity contribution in [1.82, 2.24) is 10.6 Å². The smallest absolute Gasteiger partial charge is 0.315 e. The van der Waals surface area contributed by atoms with E-state index in [-0.39, 0.29) is 35.9 Å². The van der Waals surface area contributed by atoms with E-state index in [2.05, 4.69) is 10.6 Å². The van der Waals surface area contributed by atoms with E-state index in [1.165, 1.54) is 0 Å². The van der Waals surface area contributed by atoms with Gasteiger partial charge >= 0.3 is 12.0 Å². The van der Waals surface area contributed by atoms with E-state index in [1.54, 1.807) is 6.92 Å². The van der Waals surface area contributed by atoms with Gasteiger partial charge in [-0.15, -0.1) is 0 Å². The summed E-state index contributed by atoms with van der Waals surface area (Å²) in [6.07, 6.45) is 2.71. The number of amides is 2. The number of carboxylic acids is 1. The van der Waals surface area contributed by atoms with Gasteiger partial charge in [0.15, 0.2) is 9.84 Å². The van der Waals surface area contributed by atoms with E-state index in [1.807, 2.05) is 0 Å². The zero-order valence-electron chi connectivity index (χ0n) is 12.0. The summed E-state index contributed by atoms with van der Waals surface area (Å²) in [5, 5.41) is 14.5. The van der Waals surface area contributed by atoms with Gasteiger partial charge in [0.1, 0.15) is 0 Å². The van der Waals surface area contributed by atoms with Gasteiger partial charge in [0, 0.05) is 18.3 Å². The molecule has 2 fully saturated rings. The highest BCUT2D eigenvalue weighted by Gasteiger charge is 2.51. The van der Waals surface area contributed by atoms with E-state index in [9.17, 15) is 23.1 Å². The number of carboxylic acid groups (broad SMARTS) is 1. The first-order valence-electron chi connectivity index (χ1n) is 7.31. The molecule has 2 rings (SSSR count). The third kappa shape index (κ3) is 3.66. The van der Waals surface area contributed by atoms with Crippen LogP contribution < -0.4 is 10.6 Å². The predicted octanol–water partition coefficient (Wildman–Crippen LogP) is 0.220. The average Bonchev–Trinajstić information content (AvgIpc) is 2.99.